The average molecular weight is 802 g/mol. The van der Waals surface area contributed by atoms with E-state index in [2.05, 4.69) is 168 Å². The molecule has 0 bridgehead atoms. The van der Waals surface area contributed by atoms with Gasteiger partial charge in [0.05, 0.1) is 18.1 Å². The van der Waals surface area contributed by atoms with Crippen molar-refractivity contribution in [2.24, 2.45) is 0 Å². The first-order valence-corrected chi connectivity index (χ1v) is 21.4. The first-order valence-electron chi connectivity index (χ1n) is 21.4. The molecule has 7 aromatic carbocycles. The van der Waals surface area contributed by atoms with Gasteiger partial charge in [-0.2, -0.15) is 0 Å². The summed E-state index contributed by atoms with van der Waals surface area (Å²) in [6, 6.07) is 42.0. The monoisotopic (exact) mass is 801 g/mol. The second kappa shape index (κ2) is 12.5. The largest absolute Gasteiger partial charge is 0.497 e. The summed E-state index contributed by atoms with van der Waals surface area (Å²) in [5.41, 5.74) is 14.1. The van der Waals surface area contributed by atoms with Crippen molar-refractivity contribution in [3.05, 3.63) is 155 Å². The van der Waals surface area contributed by atoms with Crippen LogP contribution in [0.2, 0.25) is 0 Å². The molecular weight excluding hydrogens is 751 g/mol. The second-order valence-corrected chi connectivity index (χ2v) is 19.6. The number of aromatic nitrogens is 1. The maximum Gasteiger partial charge on any atom is 0.246 e. The fourth-order valence-electron chi connectivity index (χ4n) is 10.1. The summed E-state index contributed by atoms with van der Waals surface area (Å²) >= 11 is 0. The molecule has 0 N–H and O–H groups in total. The van der Waals surface area contributed by atoms with Crippen LogP contribution >= 0.6 is 0 Å². The number of rotatable bonds is 4. The summed E-state index contributed by atoms with van der Waals surface area (Å²) in [7, 11) is 1.70. The van der Waals surface area contributed by atoms with Gasteiger partial charge in [-0.05, 0) is 112 Å². The number of fused-ring (bicyclic) bond motifs is 10. The number of nitrogens with zero attached hydrogens (tertiary/aromatic N) is 1. The van der Waals surface area contributed by atoms with Gasteiger partial charge in [0.2, 0.25) is 5.79 Å². The zero-order chi connectivity index (χ0) is 42.4. The van der Waals surface area contributed by atoms with Gasteiger partial charge in [-0.15, -0.1) is 0 Å². The predicted octanol–water partition coefficient (Wildman–Crippen LogP) is 14.4. The first-order chi connectivity index (χ1) is 29.1. The smallest absolute Gasteiger partial charge is 0.246 e. The third-order valence-corrected chi connectivity index (χ3v) is 13.3. The molecule has 8 aromatic rings. The van der Waals surface area contributed by atoms with E-state index in [0.717, 1.165) is 67.3 Å². The highest BCUT2D eigenvalue weighted by Gasteiger charge is 2.43. The molecule has 2 aliphatic heterocycles. The number of ether oxygens (including phenoxy) is 4. The Morgan fingerprint density at radius 3 is 1.74 bits per heavy atom. The number of benzene rings is 7. The van der Waals surface area contributed by atoms with Crippen LogP contribution in [-0.4, -0.2) is 17.5 Å². The number of methoxy groups -OCH3 is 1. The van der Waals surface area contributed by atoms with Gasteiger partial charge >= 0.3 is 0 Å². The Hall–Kier alpha value is -6.46. The molecule has 1 unspecified atom stereocenters. The Morgan fingerprint density at radius 2 is 1.16 bits per heavy atom. The quantitative estimate of drug-likeness (QED) is 0.178. The number of hydrogen-bond acceptors (Lipinski definition) is 4. The second-order valence-electron chi connectivity index (χ2n) is 19.6. The van der Waals surface area contributed by atoms with Crippen molar-refractivity contribution in [2.75, 3.05) is 7.11 Å². The van der Waals surface area contributed by atoms with E-state index in [1.54, 1.807) is 7.11 Å². The van der Waals surface area contributed by atoms with Gasteiger partial charge in [0.25, 0.3) is 0 Å². The summed E-state index contributed by atoms with van der Waals surface area (Å²) in [5, 5.41) is 4.69. The Labute approximate surface area is 358 Å². The van der Waals surface area contributed by atoms with Crippen molar-refractivity contribution in [3.8, 4) is 50.9 Å². The highest BCUT2D eigenvalue weighted by molar-refractivity contribution is 6.21. The standard InChI is InChI=1S/C56H51NO4/c1-32-39-27-28-56(34-17-23-38(58-10)24-18-34,61-51(39)44-31-47-52(60-55(8,9)59-47)50-41-14-12-11-13-40(41)48(32)49(44)50)33-15-21-37(22-16-33)57-45-25-19-35(53(2,3)4)29-42(45)43-30-36(54(5,6)7)20-26-46(43)57/h11-31H,1-10H3. The van der Waals surface area contributed by atoms with Crippen LogP contribution in [0.1, 0.15) is 88.8 Å². The Bertz CT molecular complexity index is 3120. The van der Waals surface area contributed by atoms with Crippen LogP contribution < -0.4 is 18.9 Å². The molecule has 0 spiro atoms. The minimum atomic E-state index is -0.959. The molecule has 0 radical (unpaired) electrons. The van der Waals surface area contributed by atoms with Crippen LogP contribution in [0.4, 0.5) is 0 Å². The van der Waals surface area contributed by atoms with Crippen molar-refractivity contribution in [1.82, 2.24) is 4.57 Å². The minimum Gasteiger partial charge on any atom is -0.497 e. The summed E-state index contributed by atoms with van der Waals surface area (Å²) in [4.78, 5) is 0. The highest BCUT2D eigenvalue weighted by atomic mass is 16.7. The van der Waals surface area contributed by atoms with E-state index in [4.69, 9.17) is 18.9 Å². The first kappa shape index (κ1) is 37.5. The van der Waals surface area contributed by atoms with Gasteiger partial charge in [0, 0.05) is 63.3 Å². The molecule has 304 valence electrons. The van der Waals surface area contributed by atoms with Gasteiger partial charge in [-0.3, -0.25) is 0 Å². The van der Waals surface area contributed by atoms with Gasteiger partial charge < -0.3 is 23.5 Å². The topological polar surface area (TPSA) is 41.9 Å². The van der Waals surface area contributed by atoms with E-state index in [1.165, 1.54) is 49.6 Å². The van der Waals surface area contributed by atoms with E-state index in [1.807, 2.05) is 26.0 Å². The zero-order valence-corrected chi connectivity index (χ0v) is 36.7. The summed E-state index contributed by atoms with van der Waals surface area (Å²) in [5.74, 6) is 2.35. The van der Waals surface area contributed by atoms with E-state index < -0.39 is 11.4 Å². The lowest BCUT2D eigenvalue weighted by Crippen LogP contribution is -2.34. The van der Waals surface area contributed by atoms with Gasteiger partial charge in [0.1, 0.15) is 11.5 Å². The molecule has 1 atom stereocenters. The summed E-state index contributed by atoms with van der Waals surface area (Å²) < 4.78 is 28.7. The lowest BCUT2D eigenvalue weighted by Gasteiger charge is -2.37. The van der Waals surface area contributed by atoms with Crippen LogP contribution in [0, 0.1) is 6.92 Å². The summed E-state index contributed by atoms with van der Waals surface area (Å²) in [6.45, 7) is 19.9. The molecule has 61 heavy (non-hydrogen) atoms. The molecule has 3 heterocycles. The molecule has 0 amide bonds. The van der Waals surface area contributed by atoms with Gasteiger partial charge in [-0.25, -0.2) is 0 Å². The van der Waals surface area contributed by atoms with Crippen molar-refractivity contribution in [2.45, 2.75) is 84.5 Å². The maximum atomic E-state index is 7.64. The number of hydrogen-bond donors (Lipinski definition) is 0. The lowest BCUT2D eigenvalue weighted by molar-refractivity contribution is -0.0429. The van der Waals surface area contributed by atoms with Crippen LogP contribution in [0.25, 0.3) is 66.6 Å². The molecule has 11 rings (SSSR count). The zero-order valence-electron chi connectivity index (χ0n) is 36.7. The van der Waals surface area contributed by atoms with Gasteiger partial charge in [-0.1, -0.05) is 108 Å². The Balaban J connectivity index is 1.11. The Kier molecular flexibility index (Phi) is 7.72. The molecule has 0 saturated heterocycles. The van der Waals surface area contributed by atoms with Crippen molar-refractivity contribution < 1.29 is 18.9 Å². The Morgan fingerprint density at radius 1 is 0.590 bits per heavy atom. The predicted molar refractivity (Wildman–Crippen MR) is 250 cm³/mol. The third-order valence-electron chi connectivity index (χ3n) is 13.3. The third kappa shape index (κ3) is 5.45. The normalized spacial score (nSPS) is 17.2. The molecule has 3 aliphatic rings. The minimum absolute atomic E-state index is 0.0278. The average Bonchev–Trinajstić information content (AvgIpc) is 3.87. The lowest BCUT2D eigenvalue weighted by atomic mass is 9.81. The van der Waals surface area contributed by atoms with E-state index in [9.17, 15) is 0 Å². The SMILES string of the molecule is COc1ccc(C2(c3ccc(-n4c5ccc(C(C)(C)C)cc5c5cc(C(C)(C)C)ccc54)cc3)C=Cc3c(C)c4c5c(c6c(cc5c3O2)OC(C)(C)O6)-c2ccccc2-4)cc1. The summed E-state index contributed by atoms with van der Waals surface area (Å²) in [6.07, 6.45) is 4.50. The van der Waals surface area contributed by atoms with Gasteiger partial charge in [0.15, 0.2) is 17.1 Å². The van der Waals surface area contributed by atoms with E-state index in [0.29, 0.717) is 0 Å². The van der Waals surface area contributed by atoms with Crippen LogP contribution in [0.3, 0.4) is 0 Å². The van der Waals surface area contributed by atoms with Crippen LogP contribution in [-0.2, 0) is 16.4 Å². The van der Waals surface area contributed by atoms with Crippen molar-refractivity contribution in [1.29, 1.82) is 0 Å². The molecule has 5 heteroatoms. The maximum absolute atomic E-state index is 7.64. The fourth-order valence-corrected chi connectivity index (χ4v) is 10.1. The molecule has 1 aromatic heterocycles. The van der Waals surface area contributed by atoms with Crippen molar-refractivity contribution in [3.63, 3.8) is 0 Å². The fraction of sp³-hybridized carbons (Fsp3) is 0.250. The van der Waals surface area contributed by atoms with Crippen LogP contribution in [0.5, 0.6) is 23.0 Å². The molecule has 1 aliphatic carbocycles. The van der Waals surface area contributed by atoms with E-state index >= 15 is 0 Å². The highest BCUT2D eigenvalue weighted by Crippen LogP contribution is 2.61. The molecular formula is C56H51NO4. The van der Waals surface area contributed by atoms with E-state index in [-0.39, 0.29) is 10.8 Å². The molecule has 0 saturated carbocycles. The van der Waals surface area contributed by atoms with Crippen molar-refractivity contribution >= 4 is 38.7 Å². The molecule has 0 fully saturated rings. The van der Waals surface area contributed by atoms with Crippen LogP contribution in [0.15, 0.2) is 121 Å². The molecule has 5 nitrogen and oxygen atoms in total.